The summed E-state index contributed by atoms with van der Waals surface area (Å²) in [5.41, 5.74) is 18.7. The van der Waals surface area contributed by atoms with Crippen molar-refractivity contribution in [1.29, 1.82) is 0 Å². The van der Waals surface area contributed by atoms with Crippen LogP contribution in [0.15, 0.2) is 35.5 Å². The molecule has 1 heterocycles. The highest BCUT2D eigenvalue weighted by Gasteiger charge is 2.30. The third-order valence-electron chi connectivity index (χ3n) is 6.10. The van der Waals surface area contributed by atoms with Crippen molar-refractivity contribution < 1.29 is 24.3 Å². The van der Waals surface area contributed by atoms with Gasteiger partial charge in [0.1, 0.15) is 18.1 Å². The number of H-pyrrole nitrogens is 1. The molecule has 0 aliphatic heterocycles. The standard InChI is InChI=1S/C26H40N8O5/c1-14(2)11-21(24(37)32-15(3)25(38)39)34-23(36)20(9-6-10-30-26(28)29)33-22(35)18(27)12-16-13-31-19-8-5-4-7-17(16)19/h4-5,7-8,13-15,18,20-21,31H,6,9-12,27H2,1-3H3,(H,32,37)(H,33,35)(H,34,36)(H,38,39)(H4,28,29,30). The van der Waals surface area contributed by atoms with E-state index in [9.17, 15) is 19.2 Å². The monoisotopic (exact) mass is 544 g/mol. The first-order valence-corrected chi connectivity index (χ1v) is 12.9. The van der Waals surface area contributed by atoms with Crippen molar-refractivity contribution in [3.8, 4) is 0 Å². The van der Waals surface area contributed by atoms with Crippen LogP contribution in [-0.4, -0.2) is 70.5 Å². The molecule has 0 aliphatic rings. The summed E-state index contributed by atoms with van der Waals surface area (Å²) < 4.78 is 0. The number of nitrogens with two attached hydrogens (primary N) is 3. The Morgan fingerprint density at radius 2 is 1.62 bits per heavy atom. The molecule has 13 nitrogen and oxygen atoms in total. The Bertz CT molecular complexity index is 1170. The molecule has 0 saturated heterocycles. The first-order chi connectivity index (χ1) is 18.4. The summed E-state index contributed by atoms with van der Waals surface area (Å²) in [6, 6.07) is 3.53. The number of amides is 3. The number of carboxylic acid groups (broad SMARTS) is 1. The summed E-state index contributed by atoms with van der Waals surface area (Å²) in [5.74, 6) is -3.05. The molecule has 4 unspecified atom stereocenters. The summed E-state index contributed by atoms with van der Waals surface area (Å²) in [6.07, 6.45) is 2.84. The Morgan fingerprint density at radius 3 is 2.26 bits per heavy atom. The minimum atomic E-state index is -1.20. The normalized spacial score (nSPS) is 14.2. The Labute approximate surface area is 227 Å². The number of carbonyl (C=O) groups excluding carboxylic acids is 3. The van der Waals surface area contributed by atoms with E-state index in [1.165, 1.54) is 6.92 Å². The lowest BCUT2D eigenvalue weighted by atomic mass is 10.0. The van der Waals surface area contributed by atoms with Gasteiger partial charge >= 0.3 is 5.97 Å². The Kier molecular flexibility index (Phi) is 11.7. The number of benzene rings is 1. The van der Waals surface area contributed by atoms with Gasteiger partial charge < -0.3 is 43.2 Å². The number of aromatic amines is 1. The number of hydrogen-bond acceptors (Lipinski definition) is 6. The first kappa shape index (κ1) is 31.1. The maximum atomic E-state index is 13.3. The van der Waals surface area contributed by atoms with E-state index >= 15 is 0 Å². The molecule has 0 aliphatic carbocycles. The SMILES string of the molecule is CC(C)CC(NC(=O)C(CCCN=C(N)N)NC(=O)C(N)Cc1c[nH]c2ccccc12)C(=O)NC(C)C(=O)O. The van der Waals surface area contributed by atoms with E-state index in [2.05, 4.69) is 25.9 Å². The fourth-order valence-corrected chi connectivity index (χ4v) is 4.03. The number of aliphatic imine (C=N–C) groups is 1. The van der Waals surface area contributed by atoms with Crippen molar-refractivity contribution >= 4 is 40.6 Å². The molecule has 11 N–H and O–H groups in total. The van der Waals surface area contributed by atoms with Crippen molar-refractivity contribution in [3.05, 3.63) is 36.0 Å². The zero-order valence-electron chi connectivity index (χ0n) is 22.6. The molecule has 39 heavy (non-hydrogen) atoms. The number of guanidine groups is 1. The minimum Gasteiger partial charge on any atom is -0.480 e. The molecule has 1 aromatic carbocycles. The van der Waals surface area contributed by atoms with Gasteiger partial charge in [-0.05, 0) is 50.2 Å². The third-order valence-corrected chi connectivity index (χ3v) is 6.10. The Balaban J connectivity index is 2.15. The quantitative estimate of drug-likeness (QED) is 0.0840. The van der Waals surface area contributed by atoms with Crippen LogP contribution in [0.4, 0.5) is 0 Å². The number of aliphatic carboxylic acids is 1. The van der Waals surface area contributed by atoms with Gasteiger partial charge in [-0.25, -0.2) is 0 Å². The molecule has 0 bridgehead atoms. The average Bonchev–Trinajstić information content (AvgIpc) is 3.27. The zero-order chi connectivity index (χ0) is 29.1. The van der Waals surface area contributed by atoms with Crippen LogP contribution in [0.1, 0.15) is 45.6 Å². The van der Waals surface area contributed by atoms with Crippen molar-refractivity contribution in [1.82, 2.24) is 20.9 Å². The molecule has 0 saturated carbocycles. The number of para-hydroxylation sites is 1. The number of nitrogens with zero attached hydrogens (tertiary/aromatic N) is 1. The van der Waals surface area contributed by atoms with E-state index in [0.29, 0.717) is 6.42 Å². The van der Waals surface area contributed by atoms with E-state index in [1.54, 1.807) is 6.20 Å². The van der Waals surface area contributed by atoms with Crippen LogP contribution in [0.5, 0.6) is 0 Å². The van der Waals surface area contributed by atoms with Crippen LogP contribution in [0.25, 0.3) is 10.9 Å². The Morgan fingerprint density at radius 1 is 0.974 bits per heavy atom. The van der Waals surface area contributed by atoms with E-state index in [-0.39, 0.29) is 37.7 Å². The molecule has 3 amide bonds. The lowest BCUT2D eigenvalue weighted by Gasteiger charge is -2.25. The smallest absolute Gasteiger partial charge is 0.325 e. The lowest BCUT2D eigenvalue weighted by Crippen LogP contribution is -2.57. The number of hydrogen-bond donors (Lipinski definition) is 8. The summed E-state index contributed by atoms with van der Waals surface area (Å²) >= 11 is 0. The molecule has 0 fully saturated rings. The van der Waals surface area contributed by atoms with Crippen molar-refractivity contribution in [2.24, 2.45) is 28.1 Å². The first-order valence-electron chi connectivity index (χ1n) is 12.9. The molecule has 2 aromatic rings. The van der Waals surface area contributed by atoms with Gasteiger partial charge in [0.05, 0.1) is 6.04 Å². The van der Waals surface area contributed by atoms with Gasteiger partial charge in [-0.15, -0.1) is 0 Å². The molecular weight excluding hydrogens is 504 g/mol. The zero-order valence-corrected chi connectivity index (χ0v) is 22.6. The molecule has 13 heteroatoms. The average molecular weight is 545 g/mol. The number of carbonyl (C=O) groups is 4. The van der Waals surface area contributed by atoms with Crippen LogP contribution in [0.3, 0.4) is 0 Å². The van der Waals surface area contributed by atoms with Gasteiger partial charge in [-0.2, -0.15) is 0 Å². The molecule has 0 spiro atoms. The van der Waals surface area contributed by atoms with E-state index in [0.717, 1.165) is 16.5 Å². The van der Waals surface area contributed by atoms with Crippen LogP contribution < -0.4 is 33.2 Å². The summed E-state index contributed by atoms with van der Waals surface area (Å²) in [4.78, 5) is 57.3. The van der Waals surface area contributed by atoms with Gasteiger partial charge in [0.15, 0.2) is 5.96 Å². The van der Waals surface area contributed by atoms with Gasteiger partial charge in [0.2, 0.25) is 17.7 Å². The largest absolute Gasteiger partial charge is 0.480 e. The second-order valence-corrected chi connectivity index (χ2v) is 9.94. The predicted molar refractivity (Wildman–Crippen MR) is 148 cm³/mol. The fraction of sp³-hybridized carbons (Fsp3) is 0.500. The molecular formula is C26H40N8O5. The van der Waals surface area contributed by atoms with Crippen LogP contribution in [0.2, 0.25) is 0 Å². The van der Waals surface area contributed by atoms with Gasteiger partial charge in [-0.1, -0.05) is 32.0 Å². The maximum absolute atomic E-state index is 13.3. The molecule has 2 rings (SSSR count). The number of carboxylic acids is 1. The highest BCUT2D eigenvalue weighted by Crippen LogP contribution is 2.19. The molecule has 1 aromatic heterocycles. The summed E-state index contributed by atoms with van der Waals surface area (Å²) in [6.45, 7) is 5.29. The van der Waals surface area contributed by atoms with Gasteiger partial charge in [0.25, 0.3) is 0 Å². The third kappa shape index (κ3) is 9.93. The van der Waals surface area contributed by atoms with Gasteiger partial charge in [0, 0.05) is 23.6 Å². The topological polar surface area (TPSA) is 231 Å². The number of fused-ring (bicyclic) bond motifs is 1. The second-order valence-electron chi connectivity index (χ2n) is 9.94. The predicted octanol–water partition coefficient (Wildman–Crippen LogP) is -0.304. The van der Waals surface area contributed by atoms with Crippen molar-refractivity contribution in [3.63, 3.8) is 0 Å². The highest BCUT2D eigenvalue weighted by atomic mass is 16.4. The Hall–Kier alpha value is -4.13. The van der Waals surface area contributed by atoms with E-state index < -0.39 is 47.9 Å². The van der Waals surface area contributed by atoms with Gasteiger partial charge in [-0.3, -0.25) is 24.2 Å². The van der Waals surface area contributed by atoms with Crippen LogP contribution >= 0.6 is 0 Å². The number of nitrogens with one attached hydrogen (secondary N) is 4. The van der Waals surface area contributed by atoms with E-state index in [1.807, 2.05) is 38.1 Å². The lowest BCUT2D eigenvalue weighted by molar-refractivity contribution is -0.142. The van der Waals surface area contributed by atoms with E-state index in [4.69, 9.17) is 22.3 Å². The highest BCUT2D eigenvalue weighted by molar-refractivity contribution is 5.94. The minimum absolute atomic E-state index is 0.0145. The molecule has 214 valence electrons. The van der Waals surface area contributed by atoms with Crippen LogP contribution in [0, 0.1) is 5.92 Å². The number of aromatic nitrogens is 1. The second kappa shape index (κ2) is 14.7. The molecule has 4 atom stereocenters. The summed E-state index contributed by atoms with van der Waals surface area (Å²) in [5, 5.41) is 17.8. The fourth-order valence-electron chi connectivity index (χ4n) is 4.03. The van der Waals surface area contributed by atoms with Crippen molar-refractivity contribution in [2.45, 2.75) is 70.6 Å². The maximum Gasteiger partial charge on any atom is 0.325 e. The molecule has 0 radical (unpaired) electrons. The van der Waals surface area contributed by atoms with Crippen molar-refractivity contribution in [2.75, 3.05) is 6.54 Å². The summed E-state index contributed by atoms with van der Waals surface area (Å²) in [7, 11) is 0. The van der Waals surface area contributed by atoms with Crippen LogP contribution in [-0.2, 0) is 25.6 Å². The number of rotatable bonds is 15.